The van der Waals surface area contributed by atoms with E-state index in [0.717, 1.165) is 42.7 Å². The van der Waals surface area contributed by atoms with Gasteiger partial charge >= 0.3 is 6.61 Å². The van der Waals surface area contributed by atoms with E-state index in [1.54, 1.807) is 23.9 Å². The van der Waals surface area contributed by atoms with E-state index in [2.05, 4.69) is 14.9 Å². The largest absolute Gasteiger partial charge is 0.432 e. The fourth-order valence-electron chi connectivity index (χ4n) is 6.26. The Morgan fingerprint density at radius 3 is 2.89 bits per heavy atom. The molecule has 198 valence electrons. The number of aryl methyl sites for hydroxylation is 1. The first-order valence-electron chi connectivity index (χ1n) is 13.4. The summed E-state index contributed by atoms with van der Waals surface area (Å²) in [6, 6.07) is 9.40. The fraction of sp³-hybridized carbons (Fsp3) is 0.464. The van der Waals surface area contributed by atoms with Crippen LogP contribution in [0.1, 0.15) is 36.0 Å². The molecule has 38 heavy (non-hydrogen) atoms. The molecular formula is C28H30F2N6O2. The molecule has 10 heteroatoms. The number of benzene rings is 1. The van der Waals surface area contributed by atoms with Gasteiger partial charge in [-0.1, -0.05) is 0 Å². The third-order valence-electron chi connectivity index (χ3n) is 8.38. The van der Waals surface area contributed by atoms with Crippen LogP contribution < -0.4 is 10.1 Å². The maximum Gasteiger partial charge on any atom is 0.387 e. The van der Waals surface area contributed by atoms with Gasteiger partial charge in [0.1, 0.15) is 11.2 Å². The van der Waals surface area contributed by atoms with Crippen molar-refractivity contribution in [2.45, 2.75) is 44.9 Å². The number of aromatic nitrogens is 4. The number of carbonyl (C=O) groups excluding carboxylic acids is 1. The number of likely N-dealkylation sites (tertiary alicyclic amines) is 1. The van der Waals surface area contributed by atoms with Gasteiger partial charge in [-0.25, -0.2) is 9.97 Å². The number of hydrogen-bond donors (Lipinski definition) is 1. The Hall–Kier alpha value is -3.53. The molecule has 2 saturated heterocycles. The second kappa shape index (κ2) is 9.04. The predicted octanol–water partition coefficient (Wildman–Crippen LogP) is 4.43. The molecule has 1 saturated carbocycles. The number of nitrogens with one attached hydrogen (secondary N) is 1. The number of fused-ring (bicyclic) bond motifs is 3. The Labute approximate surface area is 218 Å². The Kier molecular flexibility index (Phi) is 5.61. The standard InChI is InChI=1S/C28H30F2N6O2/c1-34-24-20(33-26(34)22-12-18-3-2-8-32-25(18)36(22)14-16-4-5-16)11-19(13-23(24)38-28(29)30)27(37)35-10-7-17-6-9-31-21(17)15-35/h2-3,8,11-13,16-17,21,28,31H,4-7,9-10,14-15H2,1H3/t17-,21-/m1/s1. The molecule has 3 aromatic heterocycles. The van der Waals surface area contributed by atoms with Gasteiger partial charge in [-0.15, -0.1) is 0 Å². The molecule has 1 N–H and O–H groups in total. The van der Waals surface area contributed by atoms with Crippen molar-refractivity contribution in [1.82, 2.24) is 29.3 Å². The maximum absolute atomic E-state index is 13.5. The average Bonchev–Trinajstić information content (AvgIpc) is 3.33. The third kappa shape index (κ3) is 4.02. The van der Waals surface area contributed by atoms with Crippen LogP contribution in [0, 0.1) is 11.8 Å². The normalized spacial score (nSPS) is 21.5. The van der Waals surface area contributed by atoms with E-state index in [-0.39, 0.29) is 17.7 Å². The Morgan fingerprint density at radius 1 is 1.21 bits per heavy atom. The van der Waals surface area contributed by atoms with Crippen molar-refractivity contribution >= 4 is 28.0 Å². The number of nitrogens with zero attached hydrogens (tertiary/aromatic N) is 5. The zero-order valence-corrected chi connectivity index (χ0v) is 21.2. The predicted molar refractivity (Wildman–Crippen MR) is 139 cm³/mol. The summed E-state index contributed by atoms with van der Waals surface area (Å²) in [5.74, 6) is 1.59. The fourth-order valence-corrected chi connectivity index (χ4v) is 6.26. The average molecular weight is 521 g/mol. The lowest BCUT2D eigenvalue weighted by molar-refractivity contribution is -0.0490. The highest BCUT2D eigenvalue weighted by Gasteiger charge is 2.35. The quantitative estimate of drug-likeness (QED) is 0.407. The monoisotopic (exact) mass is 520 g/mol. The Bertz CT molecular complexity index is 1540. The van der Waals surface area contributed by atoms with Crippen molar-refractivity contribution in [3.63, 3.8) is 0 Å². The number of ether oxygens (including phenoxy) is 1. The van der Waals surface area contributed by atoms with E-state index >= 15 is 0 Å². The highest BCUT2D eigenvalue weighted by Crippen LogP contribution is 2.38. The number of piperidine rings is 1. The van der Waals surface area contributed by atoms with E-state index in [4.69, 9.17) is 9.72 Å². The minimum Gasteiger partial charge on any atom is -0.432 e. The first kappa shape index (κ1) is 23.6. The molecule has 4 aromatic rings. The third-order valence-corrected chi connectivity index (χ3v) is 8.38. The molecule has 7 rings (SSSR count). The summed E-state index contributed by atoms with van der Waals surface area (Å²) in [6.45, 7) is 0.0556. The molecular weight excluding hydrogens is 490 g/mol. The molecule has 0 bridgehead atoms. The van der Waals surface area contributed by atoms with Crippen molar-refractivity contribution in [2.75, 3.05) is 19.6 Å². The van der Waals surface area contributed by atoms with Crippen LogP contribution in [0.4, 0.5) is 8.78 Å². The molecule has 2 aliphatic heterocycles. The Balaban J connectivity index is 1.32. The van der Waals surface area contributed by atoms with Crippen molar-refractivity contribution in [3.8, 4) is 17.3 Å². The lowest BCUT2D eigenvalue weighted by atomic mass is 9.92. The minimum atomic E-state index is -3.02. The van der Waals surface area contributed by atoms with Crippen LogP contribution in [-0.2, 0) is 13.6 Å². The number of hydrogen-bond acceptors (Lipinski definition) is 5. The van der Waals surface area contributed by atoms with Gasteiger partial charge < -0.3 is 24.1 Å². The molecule has 1 aromatic carbocycles. The molecule has 8 nitrogen and oxygen atoms in total. The van der Waals surface area contributed by atoms with Gasteiger partial charge in [0, 0.05) is 49.9 Å². The van der Waals surface area contributed by atoms with E-state index in [0.29, 0.717) is 47.3 Å². The van der Waals surface area contributed by atoms with E-state index in [9.17, 15) is 13.6 Å². The van der Waals surface area contributed by atoms with Gasteiger partial charge in [0.05, 0.1) is 11.2 Å². The highest BCUT2D eigenvalue weighted by molar-refractivity contribution is 6.00. The van der Waals surface area contributed by atoms with Gasteiger partial charge in [0.25, 0.3) is 5.91 Å². The first-order valence-corrected chi connectivity index (χ1v) is 13.4. The molecule has 0 radical (unpaired) electrons. The van der Waals surface area contributed by atoms with Gasteiger partial charge in [0.15, 0.2) is 11.6 Å². The van der Waals surface area contributed by atoms with Gasteiger partial charge in [0.2, 0.25) is 0 Å². The summed E-state index contributed by atoms with van der Waals surface area (Å²) in [4.78, 5) is 24.8. The molecule has 2 atom stereocenters. The zero-order valence-electron chi connectivity index (χ0n) is 21.2. The number of carbonyl (C=O) groups is 1. The van der Waals surface area contributed by atoms with Gasteiger partial charge in [-0.2, -0.15) is 8.78 Å². The highest BCUT2D eigenvalue weighted by atomic mass is 19.3. The number of amides is 1. The molecule has 3 aliphatic rings. The molecule has 3 fully saturated rings. The molecule has 0 spiro atoms. The topological polar surface area (TPSA) is 77.2 Å². The smallest absolute Gasteiger partial charge is 0.387 e. The number of pyridine rings is 1. The van der Waals surface area contributed by atoms with Crippen molar-refractivity contribution < 1.29 is 18.3 Å². The van der Waals surface area contributed by atoms with Crippen molar-refractivity contribution in [2.24, 2.45) is 18.9 Å². The van der Waals surface area contributed by atoms with Crippen LogP contribution >= 0.6 is 0 Å². The molecule has 1 amide bonds. The van der Waals surface area contributed by atoms with Crippen molar-refractivity contribution in [1.29, 1.82) is 0 Å². The summed E-state index contributed by atoms with van der Waals surface area (Å²) in [7, 11) is 1.80. The van der Waals surface area contributed by atoms with Crippen LogP contribution in [0.3, 0.4) is 0 Å². The SMILES string of the molecule is Cn1c(-c2cc3cccnc3n2CC2CC2)nc2cc(C(=O)N3CC[C@H]4CCN[C@@H]4C3)cc(OC(F)F)c21. The summed E-state index contributed by atoms with van der Waals surface area (Å²) in [6.07, 6.45) is 6.22. The van der Waals surface area contributed by atoms with Crippen LogP contribution in [-0.4, -0.2) is 62.2 Å². The van der Waals surface area contributed by atoms with Crippen LogP contribution in [0.25, 0.3) is 33.6 Å². The van der Waals surface area contributed by atoms with Crippen molar-refractivity contribution in [3.05, 3.63) is 42.1 Å². The van der Waals surface area contributed by atoms with Crippen LogP contribution in [0.5, 0.6) is 5.75 Å². The Morgan fingerprint density at radius 2 is 2.08 bits per heavy atom. The zero-order chi connectivity index (χ0) is 26.0. The number of rotatable bonds is 6. The summed E-state index contributed by atoms with van der Waals surface area (Å²) < 4.78 is 36.0. The number of halogens is 2. The molecule has 0 unspecified atom stereocenters. The van der Waals surface area contributed by atoms with E-state index in [1.807, 2.05) is 23.1 Å². The lowest BCUT2D eigenvalue weighted by Gasteiger charge is -2.35. The van der Waals surface area contributed by atoms with Crippen LogP contribution in [0.15, 0.2) is 36.5 Å². The molecule has 1 aliphatic carbocycles. The minimum absolute atomic E-state index is 0.0426. The van der Waals surface area contributed by atoms with Gasteiger partial charge in [-0.3, -0.25) is 4.79 Å². The summed E-state index contributed by atoms with van der Waals surface area (Å²) in [5.41, 5.74) is 2.95. The summed E-state index contributed by atoms with van der Waals surface area (Å²) in [5, 5.41) is 4.48. The van der Waals surface area contributed by atoms with Gasteiger partial charge in [-0.05, 0) is 74.4 Å². The summed E-state index contributed by atoms with van der Waals surface area (Å²) >= 11 is 0. The maximum atomic E-state index is 13.5. The lowest BCUT2D eigenvalue weighted by Crippen LogP contribution is -2.48. The number of imidazole rings is 1. The second-order valence-corrected chi connectivity index (χ2v) is 10.9. The molecule has 5 heterocycles. The van der Waals surface area contributed by atoms with Crippen LogP contribution in [0.2, 0.25) is 0 Å². The first-order chi connectivity index (χ1) is 18.5. The second-order valence-electron chi connectivity index (χ2n) is 10.9. The number of alkyl halides is 2. The van der Waals surface area contributed by atoms with E-state index < -0.39 is 6.61 Å². The van der Waals surface area contributed by atoms with E-state index in [1.165, 1.54) is 18.9 Å².